The monoisotopic (exact) mass is 369 g/mol. The molecule has 1 aromatic carbocycles. The first-order valence-electron chi connectivity index (χ1n) is 8.68. The van der Waals surface area contributed by atoms with E-state index in [2.05, 4.69) is 4.98 Å². The molecule has 1 unspecified atom stereocenters. The fourth-order valence-corrected chi connectivity index (χ4v) is 3.08. The summed E-state index contributed by atoms with van der Waals surface area (Å²) in [6.45, 7) is 2.68. The van der Waals surface area contributed by atoms with Gasteiger partial charge in [-0.15, -0.1) is 0 Å². The number of hydrogen-bond acceptors (Lipinski definition) is 6. The Morgan fingerprint density at radius 2 is 2.04 bits per heavy atom. The molecule has 4 rings (SSSR count). The predicted molar refractivity (Wildman–Crippen MR) is 95.8 cm³/mol. The number of hydrogen-bond donors (Lipinski definition) is 0. The third-order valence-electron chi connectivity index (χ3n) is 4.46. The Hall–Kier alpha value is -3.29. The maximum atomic E-state index is 12.7. The largest absolute Gasteiger partial charge is 0.481 e. The average molecular weight is 369 g/mol. The van der Waals surface area contributed by atoms with Crippen molar-refractivity contribution in [2.24, 2.45) is 0 Å². The van der Waals surface area contributed by atoms with Crippen molar-refractivity contribution < 1.29 is 23.8 Å². The Balaban J connectivity index is 1.37. The van der Waals surface area contributed by atoms with E-state index < -0.39 is 6.10 Å². The minimum Gasteiger partial charge on any atom is -0.481 e. The Kier molecular flexibility index (Phi) is 4.53. The summed E-state index contributed by atoms with van der Waals surface area (Å²) >= 11 is 0. The van der Waals surface area contributed by atoms with Gasteiger partial charge in [0, 0.05) is 25.4 Å². The van der Waals surface area contributed by atoms with Gasteiger partial charge in [0.1, 0.15) is 18.1 Å². The molecule has 27 heavy (non-hydrogen) atoms. The number of anilines is 1. The van der Waals surface area contributed by atoms with Crippen LogP contribution in [0.5, 0.6) is 17.2 Å². The first kappa shape index (κ1) is 17.1. The number of rotatable bonds is 4. The third-order valence-corrected chi connectivity index (χ3v) is 4.46. The van der Waals surface area contributed by atoms with E-state index in [9.17, 15) is 9.59 Å². The molecule has 1 aromatic heterocycles. The van der Waals surface area contributed by atoms with Gasteiger partial charge >= 0.3 is 0 Å². The van der Waals surface area contributed by atoms with Gasteiger partial charge in [-0.2, -0.15) is 0 Å². The van der Waals surface area contributed by atoms with Crippen molar-refractivity contribution in [1.82, 2.24) is 9.88 Å². The molecular weight excluding hydrogens is 350 g/mol. The minimum atomic E-state index is -0.723. The van der Waals surface area contributed by atoms with E-state index in [0.717, 1.165) is 0 Å². The summed E-state index contributed by atoms with van der Waals surface area (Å²) in [4.78, 5) is 32.4. The average Bonchev–Trinajstić information content (AvgIpc) is 3.15. The van der Waals surface area contributed by atoms with Crippen LogP contribution in [0.4, 0.5) is 5.82 Å². The summed E-state index contributed by atoms with van der Waals surface area (Å²) < 4.78 is 16.3. The van der Waals surface area contributed by atoms with Crippen LogP contribution in [0, 0.1) is 0 Å². The van der Waals surface area contributed by atoms with Crippen LogP contribution in [-0.4, -0.2) is 54.2 Å². The molecule has 0 saturated carbocycles. The number of fused-ring (bicyclic) bond motifs is 1. The van der Waals surface area contributed by atoms with Gasteiger partial charge in [-0.05, 0) is 31.2 Å². The standard InChI is InChI=1S/C19H19N3O5/c1-13(27-14-5-6-15-16(10-14)26-12-25-15)19(24)21-8-9-22(18(23)11-21)17-4-2-3-7-20-17/h2-7,10,13H,8-9,11-12H2,1H3. The molecule has 2 amide bonds. The second kappa shape index (κ2) is 7.14. The van der Waals surface area contributed by atoms with Crippen LogP contribution in [-0.2, 0) is 9.59 Å². The Morgan fingerprint density at radius 3 is 2.81 bits per heavy atom. The van der Waals surface area contributed by atoms with E-state index in [0.29, 0.717) is 36.2 Å². The Labute approximate surface area is 156 Å². The zero-order valence-electron chi connectivity index (χ0n) is 14.8. The molecule has 0 bridgehead atoms. The lowest BCUT2D eigenvalue weighted by molar-refractivity contribution is -0.142. The van der Waals surface area contributed by atoms with Crippen molar-refractivity contribution >= 4 is 17.6 Å². The Bertz CT molecular complexity index is 858. The number of amides is 2. The minimum absolute atomic E-state index is 0.00421. The number of carbonyl (C=O) groups is 2. The summed E-state index contributed by atoms with van der Waals surface area (Å²) in [7, 11) is 0. The lowest BCUT2D eigenvalue weighted by atomic mass is 10.2. The molecule has 8 heteroatoms. The number of ether oxygens (including phenoxy) is 3. The number of carbonyl (C=O) groups excluding carboxylic acids is 2. The highest BCUT2D eigenvalue weighted by Gasteiger charge is 2.31. The summed E-state index contributed by atoms with van der Waals surface area (Å²) in [6, 6.07) is 10.6. The van der Waals surface area contributed by atoms with Crippen LogP contribution in [0.2, 0.25) is 0 Å². The summed E-state index contributed by atoms with van der Waals surface area (Å²) in [5, 5.41) is 0. The molecule has 140 valence electrons. The van der Waals surface area contributed by atoms with E-state index in [4.69, 9.17) is 14.2 Å². The highest BCUT2D eigenvalue weighted by atomic mass is 16.7. The van der Waals surface area contributed by atoms with E-state index in [1.165, 1.54) is 4.90 Å². The van der Waals surface area contributed by atoms with Gasteiger partial charge in [-0.1, -0.05) is 6.07 Å². The predicted octanol–water partition coefficient (Wildman–Crippen LogP) is 1.45. The van der Waals surface area contributed by atoms with Crippen LogP contribution >= 0.6 is 0 Å². The van der Waals surface area contributed by atoms with E-state index in [1.54, 1.807) is 48.4 Å². The first-order valence-corrected chi connectivity index (χ1v) is 8.68. The van der Waals surface area contributed by atoms with Crippen molar-refractivity contribution in [3.05, 3.63) is 42.6 Å². The normalized spacial score (nSPS) is 17.0. The van der Waals surface area contributed by atoms with E-state index in [-0.39, 0.29) is 25.2 Å². The van der Waals surface area contributed by atoms with Crippen LogP contribution in [0.3, 0.4) is 0 Å². The van der Waals surface area contributed by atoms with Gasteiger partial charge in [0.05, 0.1) is 0 Å². The smallest absolute Gasteiger partial charge is 0.263 e. The van der Waals surface area contributed by atoms with Gasteiger partial charge in [0.2, 0.25) is 12.7 Å². The van der Waals surface area contributed by atoms with Crippen LogP contribution in [0.1, 0.15) is 6.92 Å². The SMILES string of the molecule is CC(Oc1ccc2c(c1)OCO2)C(=O)N1CCN(c2ccccn2)C(=O)C1. The van der Waals surface area contributed by atoms with Crippen molar-refractivity contribution in [2.75, 3.05) is 31.3 Å². The van der Waals surface area contributed by atoms with Crippen molar-refractivity contribution in [2.45, 2.75) is 13.0 Å². The fourth-order valence-electron chi connectivity index (χ4n) is 3.08. The highest BCUT2D eigenvalue weighted by molar-refractivity contribution is 5.97. The number of piperazine rings is 1. The number of nitrogens with zero attached hydrogens (tertiary/aromatic N) is 3. The maximum Gasteiger partial charge on any atom is 0.263 e. The van der Waals surface area contributed by atoms with E-state index >= 15 is 0 Å². The lowest BCUT2D eigenvalue weighted by Gasteiger charge is -2.34. The molecule has 8 nitrogen and oxygen atoms in total. The van der Waals surface area contributed by atoms with Gasteiger partial charge in [0.25, 0.3) is 5.91 Å². The van der Waals surface area contributed by atoms with Gasteiger partial charge in [-0.3, -0.25) is 14.5 Å². The summed E-state index contributed by atoms with van der Waals surface area (Å²) in [6.07, 6.45) is 0.918. The quantitative estimate of drug-likeness (QED) is 0.812. The second-order valence-electron chi connectivity index (χ2n) is 6.27. The first-order chi connectivity index (χ1) is 13.1. The third kappa shape index (κ3) is 3.51. The van der Waals surface area contributed by atoms with Crippen LogP contribution in [0.15, 0.2) is 42.6 Å². The molecule has 0 N–H and O–H groups in total. The van der Waals surface area contributed by atoms with Crippen molar-refractivity contribution in [1.29, 1.82) is 0 Å². The molecule has 1 saturated heterocycles. The molecule has 0 radical (unpaired) electrons. The zero-order chi connectivity index (χ0) is 18.8. The molecule has 2 aliphatic heterocycles. The number of aromatic nitrogens is 1. The summed E-state index contributed by atoms with van der Waals surface area (Å²) in [5.74, 6) is 1.95. The van der Waals surface area contributed by atoms with E-state index in [1.807, 2.05) is 6.07 Å². The zero-order valence-corrected chi connectivity index (χ0v) is 14.8. The molecule has 0 aliphatic carbocycles. The molecule has 3 heterocycles. The fraction of sp³-hybridized carbons (Fsp3) is 0.316. The topological polar surface area (TPSA) is 81.2 Å². The van der Waals surface area contributed by atoms with Crippen molar-refractivity contribution in [3.8, 4) is 17.2 Å². The van der Waals surface area contributed by atoms with Gasteiger partial charge in [0.15, 0.2) is 17.6 Å². The van der Waals surface area contributed by atoms with Crippen LogP contribution in [0.25, 0.3) is 0 Å². The van der Waals surface area contributed by atoms with Gasteiger partial charge < -0.3 is 19.1 Å². The van der Waals surface area contributed by atoms with Crippen molar-refractivity contribution in [3.63, 3.8) is 0 Å². The molecule has 2 aliphatic rings. The van der Waals surface area contributed by atoms with Gasteiger partial charge in [-0.25, -0.2) is 4.98 Å². The Morgan fingerprint density at radius 1 is 1.19 bits per heavy atom. The summed E-state index contributed by atoms with van der Waals surface area (Å²) in [5.41, 5.74) is 0. The molecule has 2 aromatic rings. The maximum absolute atomic E-state index is 12.7. The number of benzene rings is 1. The number of pyridine rings is 1. The highest BCUT2D eigenvalue weighted by Crippen LogP contribution is 2.35. The molecule has 1 fully saturated rings. The molecule has 1 atom stereocenters. The van der Waals surface area contributed by atoms with Crippen LogP contribution < -0.4 is 19.1 Å². The lowest BCUT2D eigenvalue weighted by Crippen LogP contribution is -2.55. The molecular formula is C19H19N3O5. The second-order valence-corrected chi connectivity index (χ2v) is 6.27. The molecule has 0 spiro atoms.